The zero-order valence-electron chi connectivity index (χ0n) is 7.30. The minimum absolute atomic E-state index is 0.147. The fourth-order valence-corrected chi connectivity index (χ4v) is 1.74. The van der Waals surface area contributed by atoms with E-state index in [0.717, 1.165) is 0 Å². The van der Waals surface area contributed by atoms with Crippen LogP contribution in [0.2, 0.25) is 0 Å². The van der Waals surface area contributed by atoms with Crippen LogP contribution in [0.3, 0.4) is 0 Å². The summed E-state index contributed by atoms with van der Waals surface area (Å²) in [5.74, 6) is -1.31. The molecule has 1 atom stereocenters. The minimum atomic E-state index is -0.794. The molecule has 14 heavy (non-hydrogen) atoms. The summed E-state index contributed by atoms with van der Waals surface area (Å²) in [5, 5.41) is 8.61. The average molecular weight is 313 g/mol. The second-order valence-corrected chi connectivity index (χ2v) is 4.15. The third kappa shape index (κ3) is 2.61. The van der Waals surface area contributed by atoms with E-state index >= 15 is 0 Å². The molecule has 1 aromatic carbocycles. The van der Waals surface area contributed by atoms with E-state index < -0.39 is 17.7 Å². The molecule has 0 aliphatic rings. The van der Waals surface area contributed by atoms with Crippen LogP contribution in [0.1, 0.15) is 18.0 Å². The van der Waals surface area contributed by atoms with Gasteiger partial charge in [0, 0.05) is 21.8 Å². The van der Waals surface area contributed by atoms with Gasteiger partial charge in [0.2, 0.25) is 0 Å². The highest BCUT2D eigenvalue weighted by Gasteiger charge is 2.16. The molecule has 0 unspecified atom stereocenters. The van der Waals surface area contributed by atoms with Crippen molar-refractivity contribution in [2.45, 2.75) is 12.5 Å². The Hall–Kier alpha value is -0.270. The van der Waals surface area contributed by atoms with Gasteiger partial charge in [0.05, 0.1) is 0 Å². The molecule has 2 nitrogen and oxygen atoms in total. The standard InChI is InChI=1S/C9H10F2INO/c10-6-3-5(12)4-7(11)9(6)8(13)1-2-14/h3-4,8,14H,1-2,13H2/t8-/m0/s1. The summed E-state index contributed by atoms with van der Waals surface area (Å²) in [7, 11) is 0. The number of rotatable bonds is 3. The highest BCUT2D eigenvalue weighted by Crippen LogP contribution is 2.23. The van der Waals surface area contributed by atoms with E-state index in [9.17, 15) is 8.78 Å². The maximum absolute atomic E-state index is 13.3. The van der Waals surface area contributed by atoms with Crippen molar-refractivity contribution in [2.75, 3.05) is 6.61 Å². The first kappa shape index (κ1) is 11.8. The molecule has 1 rings (SSSR count). The number of hydrogen-bond acceptors (Lipinski definition) is 2. The van der Waals surface area contributed by atoms with Crippen molar-refractivity contribution in [1.29, 1.82) is 0 Å². The second kappa shape index (κ2) is 4.99. The Balaban J connectivity index is 3.07. The first-order chi connectivity index (χ1) is 6.56. The fourth-order valence-electron chi connectivity index (χ4n) is 1.19. The second-order valence-electron chi connectivity index (χ2n) is 2.90. The maximum atomic E-state index is 13.3. The molecular formula is C9H10F2INO. The number of aliphatic hydroxyl groups is 1. The predicted octanol–water partition coefficient (Wildman–Crippen LogP) is 1.95. The third-order valence-electron chi connectivity index (χ3n) is 1.85. The molecule has 0 amide bonds. The van der Waals surface area contributed by atoms with Gasteiger partial charge in [0.25, 0.3) is 0 Å². The average Bonchev–Trinajstić information content (AvgIpc) is 2.01. The summed E-state index contributed by atoms with van der Waals surface area (Å²) >= 11 is 1.82. The van der Waals surface area contributed by atoms with Gasteiger partial charge in [0.15, 0.2) is 0 Å². The van der Waals surface area contributed by atoms with E-state index in [4.69, 9.17) is 10.8 Å². The fraction of sp³-hybridized carbons (Fsp3) is 0.333. The summed E-state index contributed by atoms with van der Waals surface area (Å²) in [6.45, 7) is -0.188. The lowest BCUT2D eigenvalue weighted by molar-refractivity contribution is 0.274. The van der Waals surface area contributed by atoms with Crippen LogP contribution in [0.5, 0.6) is 0 Å². The topological polar surface area (TPSA) is 46.2 Å². The lowest BCUT2D eigenvalue weighted by Gasteiger charge is -2.12. The Morgan fingerprint density at radius 1 is 1.36 bits per heavy atom. The molecule has 0 fully saturated rings. The molecule has 0 radical (unpaired) electrons. The summed E-state index contributed by atoms with van der Waals surface area (Å²) in [5.41, 5.74) is 5.36. The number of aliphatic hydroxyl groups excluding tert-OH is 1. The molecule has 5 heteroatoms. The number of hydrogen-bond donors (Lipinski definition) is 2. The number of nitrogens with two attached hydrogens (primary N) is 1. The van der Waals surface area contributed by atoms with Gasteiger partial charge in [-0.05, 0) is 41.1 Å². The molecule has 3 N–H and O–H groups in total. The predicted molar refractivity (Wildman–Crippen MR) is 57.7 cm³/mol. The molecule has 0 bridgehead atoms. The van der Waals surface area contributed by atoms with Crippen LogP contribution in [0.4, 0.5) is 8.78 Å². The molecule has 0 aliphatic carbocycles. The monoisotopic (exact) mass is 313 g/mol. The van der Waals surface area contributed by atoms with E-state index in [1.165, 1.54) is 12.1 Å². The van der Waals surface area contributed by atoms with E-state index in [0.29, 0.717) is 3.57 Å². The van der Waals surface area contributed by atoms with Crippen LogP contribution in [0, 0.1) is 15.2 Å². The lowest BCUT2D eigenvalue weighted by Crippen LogP contribution is -2.15. The molecular weight excluding hydrogens is 303 g/mol. The SMILES string of the molecule is N[C@@H](CCO)c1c(F)cc(I)cc1F. The van der Waals surface area contributed by atoms with E-state index in [1.807, 2.05) is 22.6 Å². The molecule has 0 spiro atoms. The molecule has 0 aliphatic heterocycles. The Bertz CT molecular complexity index is 310. The zero-order chi connectivity index (χ0) is 10.7. The Morgan fingerprint density at radius 2 is 1.86 bits per heavy atom. The van der Waals surface area contributed by atoms with Crippen molar-refractivity contribution in [3.05, 3.63) is 32.9 Å². The third-order valence-corrected chi connectivity index (χ3v) is 2.48. The molecule has 0 saturated heterocycles. The first-order valence-corrected chi connectivity index (χ1v) is 5.15. The first-order valence-electron chi connectivity index (χ1n) is 4.07. The van der Waals surface area contributed by atoms with E-state index in [2.05, 4.69) is 0 Å². The zero-order valence-corrected chi connectivity index (χ0v) is 9.46. The van der Waals surface area contributed by atoms with Gasteiger partial charge in [-0.25, -0.2) is 8.78 Å². The Kier molecular flexibility index (Phi) is 4.21. The van der Waals surface area contributed by atoms with E-state index in [1.54, 1.807) is 0 Å². The van der Waals surface area contributed by atoms with Crippen LogP contribution in [0.15, 0.2) is 12.1 Å². The van der Waals surface area contributed by atoms with Gasteiger partial charge in [-0.15, -0.1) is 0 Å². The lowest BCUT2D eigenvalue weighted by atomic mass is 10.0. The highest BCUT2D eigenvalue weighted by molar-refractivity contribution is 14.1. The summed E-state index contributed by atoms with van der Waals surface area (Å²) in [6, 6.07) is 1.64. The van der Waals surface area contributed by atoms with Gasteiger partial charge in [-0.1, -0.05) is 0 Å². The maximum Gasteiger partial charge on any atom is 0.131 e. The van der Waals surface area contributed by atoms with Crippen molar-refractivity contribution in [1.82, 2.24) is 0 Å². The van der Waals surface area contributed by atoms with Crippen molar-refractivity contribution in [3.63, 3.8) is 0 Å². The van der Waals surface area contributed by atoms with Crippen molar-refractivity contribution < 1.29 is 13.9 Å². The largest absolute Gasteiger partial charge is 0.396 e. The van der Waals surface area contributed by atoms with E-state index in [-0.39, 0.29) is 18.6 Å². The molecule has 0 heterocycles. The van der Waals surface area contributed by atoms with Crippen LogP contribution in [-0.4, -0.2) is 11.7 Å². The summed E-state index contributed by atoms with van der Waals surface area (Å²) in [4.78, 5) is 0. The highest BCUT2D eigenvalue weighted by atomic mass is 127. The van der Waals surface area contributed by atoms with Gasteiger partial charge in [0.1, 0.15) is 11.6 Å². The number of benzene rings is 1. The minimum Gasteiger partial charge on any atom is -0.396 e. The molecule has 0 saturated carbocycles. The van der Waals surface area contributed by atoms with Crippen molar-refractivity contribution in [2.24, 2.45) is 5.73 Å². The summed E-state index contributed by atoms with van der Waals surface area (Å²) in [6.07, 6.45) is 0.147. The van der Waals surface area contributed by atoms with Crippen LogP contribution < -0.4 is 5.73 Å². The molecule has 1 aromatic rings. The van der Waals surface area contributed by atoms with Gasteiger partial charge in [-0.2, -0.15) is 0 Å². The molecule has 0 aromatic heterocycles. The Labute approximate surface area is 94.3 Å². The normalized spacial score (nSPS) is 12.9. The van der Waals surface area contributed by atoms with Crippen LogP contribution in [-0.2, 0) is 0 Å². The van der Waals surface area contributed by atoms with Crippen LogP contribution >= 0.6 is 22.6 Å². The number of halogens is 3. The Morgan fingerprint density at radius 3 is 2.29 bits per heavy atom. The van der Waals surface area contributed by atoms with Crippen molar-refractivity contribution >= 4 is 22.6 Å². The van der Waals surface area contributed by atoms with Crippen molar-refractivity contribution in [3.8, 4) is 0 Å². The van der Waals surface area contributed by atoms with Gasteiger partial charge >= 0.3 is 0 Å². The van der Waals surface area contributed by atoms with Gasteiger partial charge < -0.3 is 10.8 Å². The molecule has 78 valence electrons. The quantitative estimate of drug-likeness (QED) is 0.838. The van der Waals surface area contributed by atoms with Crippen LogP contribution in [0.25, 0.3) is 0 Å². The smallest absolute Gasteiger partial charge is 0.131 e. The van der Waals surface area contributed by atoms with Gasteiger partial charge in [-0.3, -0.25) is 0 Å². The summed E-state index contributed by atoms with van der Waals surface area (Å²) < 4.78 is 27.0.